The number of esters is 1. The van der Waals surface area contributed by atoms with Gasteiger partial charge in [-0.05, 0) is 12.5 Å². The van der Waals surface area contributed by atoms with Crippen LogP contribution in [-0.4, -0.2) is 64.4 Å². The van der Waals surface area contributed by atoms with Crippen LogP contribution in [0, 0.1) is 11.8 Å². The van der Waals surface area contributed by atoms with Gasteiger partial charge in [0.25, 0.3) is 0 Å². The van der Waals surface area contributed by atoms with Gasteiger partial charge in [0.15, 0.2) is 0 Å². The summed E-state index contributed by atoms with van der Waals surface area (Å²) in [6, 6.07) is 10.2. The second-order valence-corrected chi connectivity index (χ2v) is 9.22. The maximum Gasteiger partial charge on any atom is 0.355 e. The number of carbonyl (C=O) groups is 2. The van der Waals surface area contributed by atoms with E-state index >= 15 is 0 Å². The molecule has 1 aromatic carbocycles. The number of hydrogen-bond donors (Lipinski definition) is 1. The number of thioether (sulfide) groups is 1. The van der Waals surface area contributed by atoms with Crippen molar-refractivity contribution in [2.75, 3.05) is 20.2 Å². The van der Waals surface area contributed by atoms with Crippen LogP contribution in [0.1, 0.15) is 19.4 Å². The van der Waals surface area contributed by atoms with Gasteiger partial charge < -0.3 is 14.7 Å². The molecule has 4 atom stereocenters. The Labute approximate surface area is 169 Å². The fourth-order valence-corrected chi connectivity index (χ4v) is 6.09. The summed E-state index contributed by atoms with van der Waals surface area (Å²) >= 11 is 1.69. The van der Waals surface area contributed by atoms with Crippen molar-refractivity contribution in [3.05, 3.63) is 46.5 Å². The molecule has 0 spiro atoms. The molecule has 1 N–H and O–H groups in total. The molecular weight excluding hydrogens is 376 g/mol. The number of methoxy groups -OCH3 is 1. The van der Waals surface area contributed by atoms with Crippen molar-refractivity contribution in [3.63, 3.8) is 0 Å². The second-order valence-electron chi connectivity index (χ2n) is 7.88. The average molecular weight is 403 g/mol. The van der Waals surface area contributed by atoms with Gasteiger partial charge in [-0.2, -0.15) is 0 Å². The van der Waals surface area contributed by atoms with E-state index in [1.54, 1.807) is 23.6 Å². The molecule has 6 nitrogen and oxygen atoms in total. The molecule has 0 aromatic heterocycles. The fraction of sp³-hybridized carbons (Fsp3) is 0.524. The van der Waals surface area contributed by atoms with E-state index in [-0.39, 0.29) is 17.9 Å². The number of nitrogens with zero attached hydrogens (tertiary/aromatic N) is 2. The lowest BCUT2D eigenvalue weighted by molar-refractivity contribution is -0.163. The van der Waals surface area contributed by atoms with E-state index in [0.717, 1.165) is 24.5 Å². The molecule has 28 heavy (non-hydrogen) atoms. The number of ether oxygens (including phenoxy) is 1. The number of fused-ring (bicyclic) bond motifs is 1. The molecule has 0 radical (unpaired) electrons. The summed E-state index contributed by atoms with van der Waals surface area (Å²) in [5.41, 5.74) is 1.68. The van der Waals surface area contributed by atoms with E-state index in [2.05, 4.69) is 29.2 Å². The Morgan fingerprint density at radius 3 is 2.61 bits per heavy atom. The second kappa shape index (κ2) is 7.54. The van der Waals surface area contributed by atoms with Crippen molar-refractivity contribution in [1.29, 1.82) is 0 Å². The number of likely N-dealkylation sites (tertiary alicyclic amines) is 1. The summed E-state index contributed by atoms with van der Waals surface area (Å²) in [6.45, 7) is 6.50. The number of β-lactam (4-membered cyclic amide) rings is 1. The maximum atomic E-state index is 12.5. The van der Waals surface area contributed by atoms with Crippen molar-refractivity contribution in [1.82, 2.24) is 9.80 Å². The molecule has 0 unspecified atom stereocenters. The first kappa shape index (κ1) is 19.5. The zero-order valence-electron chi connectivity index (χ0n) is 16.4. The van der Waals surface area contributed by atoms with Gasteiger partial charge in [-0.25, -0.2) is 4.79 Å². The fourth-order valence-electron chi connectivity index (χ4n) is 4.51. The van der Waals surface area contributed by atoms with Crippen molar-refractivity contribution >= 4 is 23.6 Å². The van der Waals surface area contributed by atoms with Crippen LogP contribution in [0.4, 0.5) is 0 Å². The molecule has 150 valence electrons. The first-order valence-electron chi connectivity index (χ1n) is 9.69. The molecule has 0 aliphatic carbocycles. The third-order valence-electron chi connectivity index (χ3n) is 5.95. The van der Waals surface area contributed by atoms with Crippen LogP contribution in [0.25, 0.3) is 0 Å². The number of rotatable bonds is 6. The molecule has 3 heterocycles. The lowest BCUT2D eigenvalue weighted by atomic mass is 9.79. The summed E-state index contributed by atoms with van der Waals surface area (Å²) in [4.78, 5) is 29.8. The highest BCUT2D eigenvalue weighted by Gasteiger charge is 2.60. The quantitative estimate of drug-likeness (QED) is 0.579. The third kappa shape index (κ3) is 3.15. The predicted octanol–water partition coefficient (Wildman–Crippen LogP) is 1.85. The zero-order valence-corrected chi connectivity index (χ0v) is 17.2. The van der Waals surface area contributed by atoms with Crippen molar-refractivity contribution in [2.24, 2.45) is 11.8 Å². The molecule has 1 aromatic rings. The lowest BCUT2D eigenvalue weighted by Crippen LogP contribution is -2.63. The molecule has 3 aliphatic rings. The van der Waals surface area contributed by atoms with Crippen LogP contribution in [-0.2, 0) is 20.9 Å². The van der Waals surface area contributed by atoms with Gasteiger partial charge in [-0.3, -0.25) is 9.69 Å². The minimum atomic E-state index is -0.718. The van der Waals surface area contributed by atoms with Gasteiger partial charge in [-0.15, -0.1) is 11.8 Å². The van der Waals surface area contributed by atoms with E-state index < -0.39 is 18.0 Å². The van der Waals surface area contributed by atoms with Crippen LogP contribution >= 0.6 is 11.8 Å². The first-order valence-corrected chi connectivity index (χ1v) is 10.6. The monoisotopic (exact) mass is 402 g/mol. The van der Waals surface area contributed by atoms with Gasteiger partial charge in [-0.1, -0.05) is 37.3 Å². The van der Waals surface area contributed by atoms with Crippen LogP contribution in [0.5, 0.6) is 0 Å². The van der Waals surface area contributed by atoms with Crippen molar-refractivity contribution in [2.45, 2.75) is 37.8 Å². The number of benzene rings is 1. The largest absolute Gasteiger partial charge is 0.464 e. The standard InChI is InChI=1S/C21H26N2O4S/c1-12-17-16(13(2)24)20(25)23(17)18(21(26)27-3)19(12)28-15-10-22(11-15)9-14-7-5-4-6-8-14/h4-8,12-13,15-17,24H,9-11H2,1-3H3/t12-,13-,16-,17-/m1/s1. The molecule has 1 amide bonds. The highest BCUT2D eigenvalue weighted by atomic mass is 32.2. The number of carbonyl (C=O) groups excluding carboxylic acids is 2. The summed E-state index contributed by atoms with van der Waals surface area (Å²) < 4.78 is 4.97. The van der Waals surface area contributed by atoms with Gasteiger partial charge >= 0.3 is 5.97 Å². The highest BCUT2D eigenvalue weighted by molar-refractivity contribution is 8.03. The summed E-state index contributed by atoms with van der Waals surface area (Å²) in [5.74, 6) is -1.06. The Balaban J connectivity index is 1.45. The number of aliphatic hydroxyl groups excluding tert-OH is 1. The topological polar surface area (TPSA) is 70.1 Å². The SMILES string of the molecule is COC(=O)C1=C(SC2CN(Cc3ccccc3)C2)[C@H](C)[C@@H]2[C@@H]([C@@H](C)O)C(=O)N12. The molecule has 4 rings (SSSR count). The summed E-state index contributed by atoms with van der Waals surface area (Å²) in [5, 5.41) is 10.4. The Kier molecular flexibility index (Phi) is 5.24. The normalized spacial score (nSPS) is 28.6. The van der Waals surface area contributed by atoms with E-state index in [1.165, 1.54) is 12.7 Å². The zero-order chi connectivity index (χ0) is 20.0. The molecule has 0 saturated carbocycles. The highest BCUT2D eigenvalue weighted by Crippen LogP contribution is 2.52. The predicted molar refractivity (Wildman–Crippen MR) is 107 cm³/mol. The number of hydrogen-bond acceptors (Lipinski definition) is 6. The molecule has 2 saturated heterocycles. The van der Waals surface area contributed by atoms with Crippen LogP contribution in [0.3, 0.4) is 0 Å². The Hall–Kier alpha value is -1.83. The summed E-state index contributed by atoms with van der Waals surface area (Å²) in [6.07, 6.45) is -0.718. The van der Waals surface area contributed by atoms with Crippen LogP contribution < -0.4 is 0 Å². The van der Waals surface area contributed by atoms with Gasteiger partial charge in [0.1, 0.15) is 5.70 Å². The maximum absolute atomic E-state index is 12.5. The number of amides is 1. The lowest BCUT2D eigenvalue weighted by Gasteiger charge is -2.46. The third-order valence-corrected chi connectivity index (χ3v) is 7.40. The van der Waals surface area contributed by atoms with Gasteiger partial charge in [0, 0.05) is 35.7 Å². The number of aliphatic hydroxyl groups is 1. The first-order chi connectivity index (χ1) is 13.4. The molecule has 7 heteroatoms. The van der Waals surface area contributed by atoms with Crippen molar-refractivity contribution < 1.29 is 19.4 Å². The van der Waals surface area contributed by atoms with E-state index in [9.17, 15) is 14.7 Å². The smallest absolute Gasteiger partial charge is 0.355 e. The minimum absolute atomic E-state index is 0.0274. The Morgan fingerprint density at radius 2 is 2.00 bits per heavy atom. The van der Waals surface area contributed by atoms with Crippen LogP contribution in [0.2, 0.25) is 0 Å². The van der Waals surface area contributed by atoms with E-state index in [4.69, 9.17) is 4.74 Å². The summed E-state index contributed by atoms with van der Waals surface area (Å²) in [7, 11) is 1.34. The molecule has 2 fully saturated rings. The molecule has 3 aliphatic heterocycles. The Bertz CT molecular complexity index is 804. The Morgan fingerprint density at radius 1 is 1.32 bits per heavy atom. The minimum Gasteiger partial charge on any atom is -0.464 e. The van der Waals surface area contributed by atoms with Crippen LogP contribution in [0.15, 0.2) is 40.9 Å². The van der Waals surface area contributed by atoms with Crippen molar-refractivity contribution in [3.8, 4) is 0 Å². The molecule has 0 bridgehead atoms. The molecular formula is C21H26N2O4S. The van der Waals surface area contributed by atoms with Gasteiger partial charge in [0.2, 0.25) is 5.91 Å². The van der Waals surface area contributed by atoms with E-state index in [1.807, 2.05) is 13.0 Å². The average Bonchev–Trinajstić information content (AvgIpc) is 2.88. The van der Waals surface area contributed by atoms with E-state index in [0.29, 0.717) is 10.9 Å². The van der Waals surface area contributed by atoms with Gasteiger partial charge in [0.05, 0.1) is 25.2 Å².